The summed E-state index contributed by atoms with van der Waals surface area (Å²) in [5, 5.41) is 12.9. The fourth-order valence-electron chi connectivity index (χ4n) is 3.27. The van der Waals surface area contributed by atoms with Gasteiger partial charge in [0.2, 0.25) is 5.91 Å². The van der Waals surface area contributed by atoms with Crippen molar-refractivity contribution in [3.05, 3.63) is 69.0 Å². The molecule has 12 heteroatoms. The van der Waals surface area contributed by atoms with E-state index < -0.39 is 38.3 Å². The number of nitrogens with zero attached hydrogens (tertiary/aromatic N) is 2. The summed E-state index contributed by atoms with van der Waals surface area (Å²) in [5.41, 5.74) is -0.437. The summed E-state index contributed by atoms with van der Waals surface area (Å²) in [6, 6.07) is 9.51. The van der Waals surface area contributed by atoms with Gasteiger partial charge in [0.25, 0.3) is 15.7 Å². The number of carbonyl (C=O) groups excluding carboxylic acids is 1. The molecular weight excluding hydrogens is 457 g/mol. The Morgan fingerprint density at radius 1 is 1.23 bits per heavy atom. The van der Waals surface area contributed by atoms with E-state index in [9.17, 15) is 27.7 Å². The van der Waals surface area contributed by atoms with E-state index in [0.717, 1.165) is 28.5 Å². The Bertz CT molecular complexity index is 1290. The standard InChI is InChI=1S/C18H13ClFN3O5S2/c19-11-2-1-10-7-17(29-16(10)8-11)30(27,28)21-22-6-5-14(18(22)24)13-4-3-12(23(25)26)9-15(13)20/h1-4,7-9,14,21H,5-6H2/t14-/m1/s1. The van der Waals surface area contributed by atoms with E-state index >= 15 is 0 Å². The average molecular weight is 470 g/mol. The summed E-state index contributed by atoms with van der Waals surface area (Å²) in [6.07, 6.45) is 0.165. The number of nitro groups is 1. The van der Waals surface area contributed by atoms with Crippen LogP contribution in [0.4, 0.5) is 10.1 Å². The van der Waals surface area contributed by atoms with Crippen LogP contribution in [0, 0.1) is 15.9 Å². The second kappa shape index (κ2) is 7.58. The fraction of sp³-hybridized carbons (Fsp3) is 0.167. The van der Waals surface area contributed by atoms with Gasteiger partial charge in [0.15, 0.2) is 0 Å². The number of nitrogens with one attached hydrogen (secondary N) is 1. The fourth-order valence-corrected chi connectivity index (χ4v) is 6.01. The average Bonchev–Trinajstić information content (AvgIpc) is 3.26. The lowest BCUT2D eigenvalue weighted by molar-refractivity contribution is -0.385. The molecule has 2 heterocycles. The van der Waals surface area contributed by atoms with Crippen LogP contribution in [0.15, 0.2) is 46.7 Å². The van der Waals surface area contributed by atoms with Crippen LogP contribution >= 0.6 is 22.9 Å². The van der Waals surface area contributed by atoms with Gasteiger partial charge in [-0.3, -0.25) is 19.9 Å². The molecule has 0 bridgehead atoms. The number of rotatable bonds is 5. The van der Waals surface area contributed by atoms with Crippen LogP contribution in [0.3, 0.4) is 0 Å². The summed E-state index contributed by atoms with van der Waals surface area (Å²) in [7, 11) is -4.04. The molecular formula is C18H13ClFN3O5S2. The van der Waals surface area contributed by atoms with Crippen molar-refractivity contribution in [2.24, 2.45) is 0 Å². The molecule has 30 heavy (non-hydrogen) atoms. The number of hydrogen-bond donors (Lipinski definition) is 1. The minimum Gasteiger partial charge on any atom is -0.273 e. The lowest BCUT2D eigenvalue weighted by Gasteiger charge is -2.17. The molecule has 1 aliphatic heterocycles. The maximum absolute atomic E-state index is 14.3. The van der Waals surface area contributed by atoms with E-state index in [4.69, 9.17) is 11.6 Å². The molecule has 1 atom stereocenters. The summed E-state index contributed by atoms with van der Waals surface area (Å²) in [4.78, 5) is 25.0. The van der Waals surface area contributed by atoms with Gasteiger partial charge >= 0.3 is 0 Å². The van der Waals surface area contributed by atoms with E-state index in [0.29, 0.717) is 15.1 Å². The summed E-state index contributed by atoms with van der Waals surface area (Å²) in [6.45, 7) is 0.0376. The third kappa shape index (κ3) is 3.76. The molecule has 0 spiro atoms. The highest BCUT2D eigenvalue weighted by atomic mass is 35.5. The molecule has 2 aromatic carbocycles. The van der Waals surface area contributed by atoms with Gasteiger partial charge in [-0.05, 0) is 36.1 Å². The summed E-state index contributed by atoms with van der Waals surface area (Å²) >= 11 is 6.94. The topological polar surface area (TPSA) is 110 Å². The van der Waals surface area contributed by atoms with Crippen molar-refractivity contribution < 1.29 is 22.5 Å². The largest absolute Gasteiger partial charge is 0.273 e. The third-order valence-electron chi connectivity index (χ3n) is 4.73. The van der Waals surface area contributed by atoms with Crippen molar-refractivity contribution in [2.45, 2.75) is 16.5 Å². The minimum atomic E-state index is -4.04. The Kier molecular flexibility index (Phi) is 5.22. The van der Waals surface area contributed by atoms with Crippen LogP contribution in [0.25, 0.3) is 10.1 Å². The van der Waals surface area contributed by atoms with Gasteiger partial charge in [-0.2, -0.15) is 0 Å². The Morgan fingerprint density at radius 2 is 2.00 bits per heavy atom. The van der Waals surface area contributed by atoms with E-state index in [-0.39, 0.29) is 22.7 Å². The van der Waals surface area contributed by atoms with Gasteiger partial charge in [0, 0.05) is 27.9 Å². The van der Waals surface area contributed by atoms with E-state index in [1.54, 1.807) is 18.2 Å². The first-order valence-electron chi connectivity index (χ1n) is 8.62. The number of halogens is 2. The molecule has 1 saturated heterocycles. The molecule has 1 N–H and O–H groups in total. The third-order valence-corrected chi connectivity index (χ3v) is 7.87. The number of non-ortho nitro benzene ring substituents is 1. The first-order valence-corrected chi connectivity index (χ1v) is 11.3. The number of thiophene rings is 1. The maximum atomic E-state index is 14.3. The Balaban J connectivity index is 1.55. The van der Waals surface area contributed by atoms with Gasteiger partial charge in [-0.1, -0.05) is 17.7 Å². The number of amides is 1. The Hall–Kier alpha value is -2.60. The van der Waals surface area contributed by atoms with Gasteiger partial charge in [0.05, 0.1) is 16.9 Å². The molecule has 1 fully saturated rings. The van der Waals surface area contributed by atoms with Gasteiger partial charge in [-0.25, -0.2) is 12.8 Å². The zero-order valence-electron chi connectivity index (χ0n) is 15.0. The zero-order valence-corrected chi connectivity index (χ0v) is 17.4. The molecule has 1 amide bonds. The summed E-state index contributed by atoms with van der Waals surface area (Å²) in [5.74, 6) is -2.45. The number of nitro benzene ring substituents is 1. The number of hydrogen-bond acceptors (Lipinski definition) is 6. The van der Waals surface area contributed by atoms with Gasteiger partial charge in [0.1, 0.15) is 10.0 Å². The van der Waals surface area contributed by atoms with E-state index in [1.807, 2.05) is 0 Å². The SMILES string of the molecule is O=C1[C@@H](c2ccc([N+](=O)[O-])cc2F)CCN1NS(=O)(=O)c1cc2ccc(Cl)cc2s1. The van der Waals surface area contributed by atoms with E-state index in [2.05, 4.69) is 4.83 Å². The molecule has 0 saturated carbocycles. The first kappa shape index (κ1) is 20.7. The van der Waals surface area contributed by atoms with Crippen LogP contribution in [-0.2, 0) is 14.8 Å². The smallest absolute Gasteiger partial charge is 0.272 e. The predicted molar refractivity (Wildman–Crippen MR) is 109 cm³/mol. The molecule has 8 nitrogen and oxygen atoms in total. The quantitative estimate of drug-likeness (QED) is 0.451. The van der Waals surface area contributed by atoms with Crippen LogP contribution in [0.2, 0.25) is 5.02 Å². The van der Waals surface area contributed by atoms with Crippen LogP contribution in [0.1, 0.15) is 17.9 Å². The van der Waals surface area contributed by atoms with Crippen molar-refractivity contribution in [3.8, 4) is 0 Å². The molecule has 1 aromatic heterocycles. The predicted octanol–water partition coefficient (Wildman–Crippen LogP) is 3.81. The maximum Gasteiger partial charge on any atom is 0.272 e. The second-order valence-corrected chi connectivity index (χ2v) is 10.0. The number of fused-ring (bicyclic) bond motifs is 1. The number of benzene rings is 2. The van der Waals surface area contributed by atoms with Crippen LogP contribution in [-0.4, -0.2) is 30.8 Å². The molecule has 3 aromatic rings. The minimum absolute atomic E-state index is 0.0104. The molecule has 0 radical (unpaired) electrons. The molecule has 0 aliphatic carbocycles. The first-order chi connectivity index (χ1) is 14.2. The van der Waals surface area contributed by atoms with Crippen molar-refractivity contribution in [1.82, 2.24) is 9.84 Å². The molecule has 156 valence electrons. The Morgan fingerprint density at radius 3 is 2.70 bits per heavy atom. The lowest BCUT2D eigenvalue weighted by Crippen LogP contribution is -2.43. The number of sulfonamides is 1. The highest BCUT2D eigenvalue weighted by Crippen LogP contribution is 2.34. The normalized spacial score (nSPS) is 17.1. The zero-order chi connectivity index (χ0) is 21.6. The van der Waals surface area contributed by atoms with Crippen molar-refractivity contribution in [2.75, 3.05) is 6.54 Å². The van der Waals surface area contributed by atoms with E-state index in [1.165, 1.54) is 12.1 Å². The van der Waals surface area contributed by atoms with Crippen molar-refractivity contribution in [3.63, 3.8) is 0 Å². The summed E-state index contributed by atoms with van der Waals surface area (Å²) < 4.78 is 40.5. The van der Waals surface area contributed by atoms with Crippen LogP contribution < -0.4 is 4.83 Å². The highest BCUT2D eigenvalue weighted by Gasteiger charge is 2.37. The molecule has 4 rings (SSSR count). The van der Waals surface area contributed by atoms with Crippen LogP contribution in [0.5, 0.6) is 0 Å². The molecule has 0 unspecified atom stereocenters. The lowest BCUT2D eigenvalue weighted by atomic mass is 9.97. The molecule has 1 aliphatic rings. The number of hydrazine groups is 1. The van der Waals surface area contributed by atoms with Crippen molar-refractivity contribution in [1.29, 1.82) is 0 Å². The van der Waals surface area contributed by atoms with Gasteiger partial charge in [-0.15, -0.1) is 16.2 Å². The number of carbonyl (C=O) groups is 1. The van der Waals surface area contributed by atoms with Crippen molar-refractivity contribution >= 4 is 54.6 Å². The second-order valence-electron chi connectivity index (χ2n) is 6.64. The highest BCUT2D eigenvalue weighted by molar-refractivity contribution is 7.91. The monoisotopic (exact) mass is 469 g/mol. The Labute approximate surface area is 179 Å². The van der Waals surface area contributed by atoms with Gasteiger partial charge < -0.3 is 0 Å².